The lowest BCUT2D eigenvalue weighted by Gasteiger charge is -2.16. The van der Waals surface area contributed by atoms with E-state index in [1.54, 1.807) is 0 Å². The smallest absolute Gasteiger partial charge is 0.377 e. The Balaban J connectivity index is 1.90. The summed E-state index contributed by atoms with van der Waals surface area (Å²) in [5, 5.41) is 2.78. The number of esters is 1. The lowest BCUT2D eigenvalue weighted by atomic mass is 9.97. The van der Waals surface area contributed by atoms with Crippen LogP contribution in [0.25, 0.3) is 0 Å². The first-order chi connectivity index (χ1) is 11.1. The largest absolute Gasteiger partial charge is 0.493 e. The Morgan fingerprint density at radius 2 is 2.09 bits per heavy atom. The third-order valence-corrected chi connectivity index (χ3v) is 3.56. The Hall–Kier alpha value is -2.50. The minimum atomic E-state index is -0.713. The molecule has 2 rings (SSSR count). The molecular weight excluding hydrogens is 298 g/mol. The highest BCUT2D eigenvalue weighted by Crippen LogP contribution is 2.26. The fraction of sp³-hybridized carbons (Fsp3) is 0.412. The molecule has 124 valence electrons. The second kappa shape index (κ2) is 8.22. The number of ether oxygens (including phenoxy) is 3. The molecule has 1 atom stereocenters. The van der Waals surface area contributed by atoms with Gasteiger partial charge in [-0.25, -0.2) is 4.79 Å². The van der Waals surface area contributed by atoms with Gasteiger partial charge in [0.1, 0.15) is 19.5 Å². The molecule has 0 aromatic heterocycles. The molecule has 6 nitrogen and oxygen atoms in total. The number of anilines is 1. The Labute approximate surface area is 135 Å². The topological polar surface area (TPSA) is 73.9 Å². The van der Waals surface area contributed by atoms with E-state index in [1.807, 2.05) is 24.3 Å². The van der Waals surface area contributed by atoms with Crippen molar-refractivity contribution in [3.63, 3.8) is 0 Å². The van der Waals surface area contributed by atoms with E-state index >= 15 is 0 Å². The number of hydrogen-bond acceptors (Lipinski definition) is 5. The number of benzene rings is 1. The maximum absolute atomic E-state index is 12.0. The van der Waals surface area contributed by atoms with Crippen LogP contribution in [0.2, 0.25) is 0 Å². The molecule has 1 heterocycles. The maximum atomic E-state index is 12.0. The molecule has 0 bridgehead atoms. The van der Waals surface area contributed by atoms with Crippen molar-refractivity contribution in [1.82, 2.24) is 0 Å². The highest BCUT2D eigenvalue weighted by molar-refractivity contribution is 5.95. The van der Waals surface area contributed by atoms with Gasteiger partial charge in [0, 0.05) is 5.69 Å². The summed E-state index contributed by atoms with van der Waals surface area (Å²) >= 11 is 0. The van der Waals surface area contributed by atoms with Crippen LogP contribution in [0.15, 0.2) is 36.3 Å². The van der Waals surface area contributed by atoms with Crippen LogP contribution < -0.4 is 5.32 Å². The van der Waals surface area contributed by atoms with E-state index in [0.717, 1.165) is 17.7 Å². The Morgan fingerprint density at radius 1 is 1.30 bits per heavy atom. The standard InChI is InChI=1S/C17H21NO5/c1-3-12(2)13-6-4-5-7-14(13)18-16(19)11-23-17(20)15-10-21-8-9-22-15/h4-7,10,12H,3,8-9,11H2,1-2H3,(H,18,19)/t12-/m0/s1. The normalized spacial score (nSPS) is 14.8. The first-order valence-corrected chi connectivity index (χ1v) is 7.62. The summed E-state index contributed by atoms with van der Waals surface area (Å²) in [5.74, 6) is -0.808. The van der Waals surface area contributed by atoms with Crippen LogP contribution >= 0.6 is 0 Å². The number of para-hydroxylation sites is 1. The molecule has 6 heteroatoms. The molecule has 0 radical (unpaired) electrons. The third-order valence-electron chi connectivity index (χ3n) is 3.56. The molecule has 0 saturated heterocycles. The molecule has 0 aliphatic carbocycles. The van der Waals surface area contributed by atoms with E-state index in [0.29, 0.717) is 12.5 Å². The fourth-order valence-electron chi connectivity index (χ4n) is 2.12. The second-order valence-corrected chi connectivity index (χ2v) is 5.22. The van der Waals surface area contributed by atoms with Gasteiger partial charge in [-0.2, -0.15) is 0 Å². The maximum Gasteiger partial charge on any atom is 0.377 e. The van der Waals surface area contributed by atoms with Gasteiger partial charge in [0.15, 0.2) is 6.61 Å². The number of carbonyl (C=O) groups is 2. The van der Waals surface area contributed by atoms with Crippen LogP contribution in [0.4, 0.5) is 5.69 Å². The molecule has 1 aliphatic heterocycles. The number of hydrogen-bond donors (Lipinski definition) is 1. The molecule has 1 amide bonds. The van der Waals surface area contributed by atoms with Gasteiger partial charge in [-0.05, 0) is 24.0 Å². The van der Waals surface area contributed by atoms with Crippen LogP contribution in [-0.2, 0) is 23.8 Å². The van der Waals surface area contributed by atoms with Gasteiger partial charge in [-0.15, -0.1) is 0 Å². The summed E-state index contributed by atoms with van der Waals surface area (Å²) in [5.41, 5.74) is 1.79. The summed E-state index contributed by atoms with van der Waals surface area (Å²) in [6, 6.07) is 7.60. The third kappa shape index (κ3) is 4.74. The van der Waals surface area contributed by atoms with E-state index in [4.69, 9.17) is 14.2 Å². The van der Waals surface area contributed by atoms with Crippen molar-refractivity contribution in [1.29, 1.82) is 0 Å². The van der Waals surface area contributed by atoms with Crippen molar-refractivity contribution in [3.05, 3.63) is 41.9 Å². The van der Waals surface area contributed by atoms with Gasteiger partial charge in [0.25, 0.3) is 5.91 Å². The first kappa shape index (κ1) is 16.9. The highest BCUT2D eigenvalue weighted by Gasteiger charge is 2.18. The van der Waals surface area contributed by atoms with E-state index in [9.17, 15) is 9.59 Å². The van der Waals surface area contributed by atoms with E-state index in [1.165, 1.54) is 6.26 Å². The van der Waals surface area contributed by atoms with Gasteiger partial charge < -0.3 is 19.5 Å². The lowest BCUT2D eigenvalue weighted by Crippen LogP contribution is -2.24. The van der Waals surface area contributed by atoms with Crippen molar-refractivity contribution in [2.24, 2.45) is 0 Å². The summed E-state index contributed by atoms with van der Waals surface area (Å²) in [6.45, 7) is 4.48. The zero-order valence-electron chi connectivity index (χ0n) is 13.3. The predicted octanol–water partition coefficient (Wildman–Crippen LogP) is 2.57. The minimum absolute atomic E-state index is 0.0240. The average molecular weight is 319 g/mol. The van der Waals surface area contributed by atoms with Crippen LogP contribution in [0.3, 0.4) is 0 Å². The zero-order chi connectivity index (χ0) is 16.7. The van der Waals surface area contributed by atoms with Gasteiger partial charge in [0.2, 0.25) is 5.76 Å². The quantitative estimate of drug-likeness (QED) is 0.816. The second-order valence-electron chi connectivity index (χ2n) is 5.22. The Bertz CT molecular complexity index is 596. The molecule has 1 aromatic rings. The number of rotatable bonds is 6. The number of carbonyl (C=O) groups excluding carboxylic acids is 2. The first-order valence-electron chi connectivity index (χ1n) is 7.62. The number of amides is 1. The van der Waals surface area contributed by atoms with Gasteiger partial charge in [-0.1, -0.05) is 32.0 Å². The SMILES string of the molecule is CC[C@H](C)c1ccccc1NC(=O)COC(=O)C1=COCCO1. The molecular formula is C17H21NO5. The molecule has 23 heavy (non-hydrogen) atoms. The van der Waals surface area contributed by atoms with Crippen LogP contribution in [0, 0.1) is 0 Å². The highest BCUT2D eigenvalue weighted by atomic mass is 16.6. The predicted molar refractivity (Wildman–Crippen MR) is 84.7 cm³/mol. The van der Waals surface area contributed by atoms with Crippen molar-refractivity contribution < 1.29 is 23.8 Å². The van der Waals surface area contributed by atoms with Crippen LogP contribution in [0.1, 0.15) is 31.7 Å². The summed E-state index contributed by atoms with van der Waals surface area (Å²) in [6.07, 6.45) is 2.16. The molecule has 1 aliphatic rings. The van der Waals surface area contributed by atoms with Crippen LogP contribution in [0.5, 0.6) is 0 Å². The Kier molecular flexibility index (Phi) is 6.02. The minimum Gasteiger partial charge on any atom is -0.493 e. The summed E-state index contributed by atoms with van der Waals surface area (Å²) in [7, 11) is 0. The average Bonchev–Trinajstić information content (AvgIpc) is 2.60. The molecule has 1 aromatic carbocycles. The lowest BCUT2D eigenvalue weighted by molar-refractivity contribution is -0.148. The monoisotopic (exact) mass is 319 g/mol. The van der Waals surface area contributed by atoms with Crippen LogP contribution in [-0.4, -0.2) is 31.7 Å². The van der Waals surface area contributed by atoms with E-state index < -0.39 is 11.9 Å². The molecule has 1 N–H and O–H groups in total. The molecule has 0 fully saturated rings. The Morgan fingerprint density at radius 3 is 2.78 bits per heavy atom. The number of nitrogens with one attached hydrogen (secondary N) is 1. The van der Waals surface area contributed by atoms with Crippen molar-refractivity contribution >= 4 is 17.6 Å². The molecule has 0 saturated carbocycles. The molecule has 0 unspecified atom stereocenters. The van der Waals surface area contributed by atoms with Gasteiger partial charge in [0.05, 0.1) is 0 Å². The van der Waals surface area contributed by atoms with Gasteiger partial charge >= 0.3 is 5.97 Å². The van der Waals surface area contributed by atoms with Crippen molar-refractivity contribution in [3.8, 4) is 0 Å². The van der Waals surface area contributed by atoms with Gasteiger partial charge in [-0.3, -0.25) is 4.79 Å². The van der Waals surface area contributed by atoms with Crippen molar-refractivity contribution in [2.75, 3.05) is 25.1 Å². The van der Waals surface area contributed by atoms with Crippen molar-refractivity contribution in [2.45, 2.75) is 26.2 Å². The molecule has 0 spiro atoms. The summed E-state index contributed by atoms with van der Waals surface area (Å²) < 4.78 is 15.0. The zero-order valence-corrected chi connectivity index (χ0v) is 13.3. The van der Waals surface area contributed by atoms with E-state index in [2.05, 4.69) is 19.2 Å². The summed E-state index contributed by atoms with van der Waals surface area (Å²) in [4.78, 5) is 23.7. The fourth-order valence-corrected chi connectivity index (χ4v) is 2.12. The van der Waals surface area contributed by atoms with E-state index in [-0.39, 0.29) is 19.0 Å².